The van der Waals surface area contributed by atoms with E-state index in [-0.39, 0.29) is 5.91 Å². The van der Waals surface area contributed by atoms with E-state index in [0.29, 0.717) is 23.6 Å². The second-order valence-corrected chi connectivity index (χ2v) is 3.97. The molecule has 0 bridgehead atoms. The fraction of sp³-hybridized carbons (Fsp3) is 0.455. The van der Waals surface area contributed by atoms with Gasteiger partial charge in [-0.05, 0) is 20.3 Å². The van der Waals surface area contributed by atoms with Crippen molar-refractivity contribution in [3.8, 4) is 0 Å². The third-order valence-electron chi connectivity index (χ3n) is 2.58. The molecule has 2 aromatic heterocycles. The van der Waals surface area contributed by atoms with Crippen molar-refractivity contribution >= 4 is 5.91 Å². The summed E-state index contributed by atoms with van der Waals surface area (Å²) in [6.45, 7) is 4.77. The van der Waals surface area contributed by atoms with Crippen LogP contribution in [0, 0.1) is 13.8 Å². The second kappa shape index (κ2) is 5.44. The van der Waals surface area contributed by atoms with Crippen LogP contribution in [0.25, 0.3) is 0 Å². The predicted octanol–water partition coefficient (Wildman–Crippen LogP) is 0.703. The van der Waals surface area contributed by atoms with Crippen molar-refractivity contribution in [1.29, 1.82) is 0 Å². The quantitative estimate of drug-likeness (QED) is 0.788. The molecular weight excluding hydrogens is 234 g/mol. The summed E-state index contributed by atoms with van der Waals surface area (Å²) in [7, 11) is 0. The molecule has 0 saturated carbocycles. The molecule has 0 aliphatic rings. The van der Waals surface area contributed by atoms with E-state index in [9.17, 15) is 4.79 Å². The molecule has 1 amide bonds. The van der Waals surface area contributed by atoms with Gasteiger partial charge in [-0.25, -0.2) is 0 Å². The highest BCUT2D eigenvalue weighted by Gasteiger charge is 2.16. The van der Waals surface area contributed by atoms with Gasteiger partial charge in [0.05, 0.1) is 11.9 Å². The smallest absolute Gasteiger partial charge is 0.256 e. The highest BCUT2D eigenvalue weighted by atomic mass is 16.5. The van der Waals surface area contributed by atoms with Crippen molar-refractivity contribution in [2.24, 2.45) is 0 Å². The lowest BCUT2D eigenvalue weighted by Crippen LogP contribution is -2.26. The van der Waals surface area contributed by atoms with E-state index in [0.717, 1.165) is 13.0 Å². The summed E-state index contributed by atoms with van der Waals surface area (Å²) in [6, 6.07) is 0. The fourth-order valence-corrected chi connectivity index (χ4v) is 1.69. The molecular formula is C11H15N5O2. The van der Waals surface area contributed by atoms with E-state index in [2.05, 4.69) is 20.8 Å². The van der Waals surface area contributed by atoms with Crippen LogP contribution < -0.4 is 5.32 Å². The molecule has 0 unspecified atom stereocenters. The highest BCUT2D eigenvalue weighted by molar-refractivity contribution is 5.95. The number of hydrogen-bond acceptors (Lipinski definition) is 5. The summed E-state index contributed by atoms with van der Waals surface area (Å²) in [5, 5.41) is 14.1. The molecule has 0 atom stereocenters. The van der Waals surface area contributed by atoms with Gasteiger partial charge in [-0.15, -0.1) is 5.10 Å². The molecule has 0 fully saturated rings. The zero-order valence-electron chi connectivity index (χ0n) is 10.4. The molecule has 0 aliphatic carbocycles. The minimum Gasteiger partial charge on any atom is -0.361 e. The van der Waals surface area contributed by atoms with Gasteiger partial charge in [-0.2, -0.15) is 0 Å². The average molecular weight is 249 g/mol. The van der Waals surface area contributed by atoms with E-state index in [1.165, 1.54) is 0 Å². The lowest BCUT2D eigenvalue weighted by atomic mass is 10.2. The number of aromatic nitrogens is 4. The summed E-state index contributed by atoms with van der Waals surface area (Å²) in [5.74, 6) is 0.395. The number of nitrogens with zero attached hydrogens (tertiary/aromatic N) is 4. The van der Waals surface area contributed by atoms with Crippen molar-refractivity contribution in [3.05, 3.63) is 29.4 Å². The first-order valence-corrected chi connectivity index (χ1v) is 5.73. The Morgan fingerprint density at radius 1 is 1.50 bits per heavy atom. The maximum Gasteiger partial charge on any atom is 0.256 e. The Morgan fingerprint density at radius 3 is 2.94 bits per heavy atom. The van der Waals surface area contributed by atoms with Crippen LogP contribution in [0.5, 0.6) is 0 Å². The SMILES string of the molecule is Cc1noc(C)c1C(=O)NCCCn1ccnn1. The molecule has 0 radical (unpaired) electrons. The second-order valence-electron chi connectivity index (χ2n) is 3.97. The molecule has 2 rings (SSSR count). The van der Waals surface area contributed by atoms with Gasteiger partial charge in [0.1, 0.15) is 11.3 Å². The van der Waals surface area contributed by atoms with Gasteiger partial charge < -0.3 is 9.84 Å². The Balaban J connectivity index is 1.79. The van der Waals surface area contributed by atoms with Crippen molar-refractivity contribution < 1.29 is 9.32 Å². The Labute approximate surface area is 104 Å². The Hall–Kier alpha value is -2.18. The summed E-state index contributed by atoms with van der Waals surface area (Å²) < 4.78 is 6.67. The average Bonchev–Trinajstić information content (AvgIpc) is 2.95. The molecule has 0 saturated heterocycles. The van der Waals surface area contributed by atoms with E-state index < -0.39 is 0 Å². The zero-order valence-corrected chi connectivity index (χ0v) is 10.4. The van der Waals surface area contributed by atoms with Crippen molar-refractivity contribution in [2.75, 3.05) is 6.54 Å². The summed E-state index contributed by atoms with van der Waals surface area (Å²) >= 11 is 0. The van der Waals surface area contributed by atoms with E-state index in [1.54, 1.807) is 30.9 Å². The molecule has 2 heterocycles. The lowest BCUT2D eigenvalue weighted by Gasteiger charge is -2.04. The predicted molar refractivity (Wildman–Crippen MR) is 62.9 cm³/mol. The number of amides is 1. The minimum absolute atomic E-state index is 0.148. The van der Waals surface area contributed by atoms with E-state index in [4.69, 9.17) is 4.52 Å². The first kappa shape index (κ1) is 12.3. The standard InChI is InChI=1S/C11H15N5O2/c1-8-10(9(2)18-14-8)11(17)12-4-3-6-16-7-5-13-15-16/h5,7H,3-4,6H2,1-2H3,(H,12,17). The minimum atomic E-state index is -0.148. The monoisotopic (exact) mass is 249 g/mol. The first-order chi connectivity index (χ1) is 8.68. The van der Waals surface area contributed by atoms with Gasteiger partial charge in [-0.3, -0.25) is 9.48 Å². The molecule has 0 aromatic carbocycles. The topological polar surface area (TPSA) is 85.8 Å². The maximum atomic E-state index is 11.9. The summed E-state index contributed by atoms with van der Waals surface area (Å²) in [5.41, 5.74) is 1.14. The third kappa shape index (κ3) is 2.73. The van der Waals surface area contributed by atoms with Crippen LogP contribution in [0.4, 0.5) is 0 Å². The number of carbonyl (C=O) groups is 1. The molecule has 1 N–H and O–H groups in total. The molecule has 7 nitrogen and oxygen atoms in total. The van der Waals surface area contributed by atoms with Gasteiger partial charge >= 0.3 is 0 Å². The number of aryl methyl sites for hydroxylation is 3. The van der Waals surface area contributed by atoms with Crippen molar-refractivity contribution in [3.63, 3.8) is 0 Å². The van der Waals surface area contributed by atoms with Crippen LogP contribution in [0.1, 0.15) is 28.2 Å². The Bertz CT molecular complexity index is 498. The number of nitrogens with one attached hydrogen (secondary N) is 1. The third-order valence-corrected chi connectivity index (χ3v) is 2.58. The Kier molecular flexibility index (Phi) is 3.71. The summed E-state index contributed by atoms with van der Waals surface area (Å²) in [4.78, 5) is 11.9. The van der Waals surface area contributed by atoms with Crippen LogP contribution in [0.15, 0.2) is 16.9 Å². The highest BCUT2D eigenvalue weighted by Crippen LogP contribution is 2.11. The number of carbonyl (C=O) groups excluding carboxylic acids is 1. The normalized spacial score (nSPS) is 10.6. The van der Waals surface area contributed by atoms with Gasteiger partial charge in [0.25, 0.3) is 5.91 Å². The van der Waals surface area contributed by atoms with Crippen LogP contribution in [-0.4, -0.2) is 32.6 Å². The first-order valence-electron chi connectivity index (χ1n) is 5.73. The largest absolute Gasteiger partial charge is 0.361 e. The molecule has 0 spiro atoms. The van der Waals surface area contributed by atoms with Crippen LogP contribution in [-0.2, 0) is 6.54 Å². The van der Waals surface area contributed by atoms with Gasteiger partial charge in [-0.1, -0.05) is 10.4 Å². The zero-order chi connectivity index (χ0) is 13.0. The van der Waals surface area contributed by atoms with Gasteiger partial charge in [0, 0.05) is 19.3 Å². The molecule has 18 heavy (non-hydrogen) atoms. The molecule has 0 aliphatic heterocycles. The molecule has 2 aromatic rings. The lowest BCUT2D eigenvalue weighted by molar-refractivity contribution is 0.0950. The van der Waals surface area contributed by atoms with Crippen LogP contribution in [0.2, 0.25) is 0 Å². The van der Waals surface area contributed by atoms with Gasteiger partial charge in [0.2, 0.25) is 0 Å². The molecule has 7 heteroatoms. The number of hydrogen-bond donors (Lipinski definition) is 1. The maximum absolute atomic E-state index is 11.9. The van der Waals surface area contributed by atoms with Crippen LogP contribution >= 0.6 is 0 Å². The van der Waals surface area contributed by atoms with Crippen LogP contribution in [0.3, 0.4) is 0 Å². The van der Waals surface area contributed by atoms with Crippen molar-refractivity contribution in [1.82, 2.24) is 25.5 Å². The molecule has 96 valence electrons. The van der Waals surface area contributed by atoms with E-state index in [1.807, 2.05) is 0 Å². The van der Waals surface area contributed by atoms with Crippen molar-refractivity contribution in [2.45, 2.75) is 26.8 Å². The van der Waals surface area contributed by atoms with Gasteiger partial charge in [0.15, 0.2) is 0 Å². The number of rotatable bonds is 5. The Morgan fingerprint density at radius 2 is 2.33 bits per heavy atom. The fourth-order valence-electron chi connectivity index (χ4n) is 1.69. The van der Waals surface area contributed by atoms with E-state index >= 15 is 0 Å². The summed E-state index contributed by atoms with van der Waals surface area (Å²) in [6.07, 6.45) is 4.21.